The van der Waals surface area contributed by atoms with Crippen molar-refractivity contribution in [3.8, 4) is 11.4 Å². The second-order valence-corrected chi connectivity index (χ2v) is 5.72. The lowest BCUT2D eigenvalue weighted by atomic mass is 10.2. The van der Waals surface area contributed by atoms with Crippen LogP contribution < -0.4 is 5.32 Å². The highest BCUT2D eigenvalue weighted by Gasteiger charge is 2.09. The second-order valence-electron chi connectivity index (χ2n) is 5.28. The summed E-state index contributed by atoms with van der Waals surface area (Å²) in [4.78, 5) is 13.4. The molecule has 2 heterocycles. The first-order valence-corrected chi connectivity index (χ1v) is 7.87. The fourth-order valence-electron chi connectivity index (χ4n) is 2.47. The first-order chi connectivity index (χ1) is 11.8. The van der Waals surface area contributed by atoms with Crippen molar-refractivity contribution in [2.45, 2.75) is 0 Å². The number of nitrogens with one attached hydrogen (secondary N) is 1. The van der Waals surface area contributed by atoms with Crippen molar-refractivity contribution in [3.05, 3.63) is 78.1 Å². The predicted octanol–water partition coefficient (Wildman–Crippen LogP) is 5.09. The highest BCUT2D eigenvalue weighted by molar-refractivity contribution is 6.30. The zero-order valence-corrected chi connectivity index (χ0v) is 13.4. The summed E-state index contributed by atoms with van der Waals surface area (Å²) in [5.41, 5.74) is 2.73. The fraction of sp³-hybridized carbons (Fsp3) is 0. The van der Waals surface area contributed by atoms with E-state index in [0.717, 1.165) is 28.0 Å². The lowest BCUT2D eigenvalue weighted by Crippen LogP contribution is -1.99. The molecule has 0 spiro atoms. The third kappa shape index (κ3) is 2.92. The van der Waals surface area contributed by atoms with Crippen molar-refractivity contribution < 1.29 is 0 Å². The number of rotatable bonds is 3. The molecule has 0 saturated carbocycles. The maximum atomic E-state index is 5.97. The number of pyridine rings is 1. The van der Waals surface area contributed by atoms with Gasteiger partial charge in [0.1, 0.15) is 5.82 Å². The minimum atomic E-state index is 0.655. The topological polar surface area (TPSA) is 50.7 Å². The highest BCUT2D eigenvalue weighted by atomic mass is 35.5. The average Bonchev–Trinajstić information content (AvgIpc) is 2.63. The van der Waals surface area contributed by atoms with E-state index in [1.54, 1.807) is 12.4 Å². The van der Waals surface area contributed by atoms with Crippen molar-refractivity contribution in [3.63, 3.8) is 0 Å². The van der Waals surface area contributed by atoms with Gasteiger partial charge in [0.2, 0.25) is 0 Å². The van der Waals surface area contributed by atoms with Gasteiger partial charge in [-0.05, 0) is 48.5 Å². The minimum Gasteiger partial charge on any atom is -0.340 e. The predicted molar refractivity (Wildman–Crippen MR) is 97.5 cm³/mol. The molecule has 0 atom stereocenters. The van der Waals surface area contributed by atoms with Crippen molar-refractivity contribution in [1.29, 1.82) is 0 Å². The van der Waals surface area contributed by atoms with Crippen LogP contribution in [0.25, 0.3) is 22.3 Å². The van der Waals surface area contributed by atoms with Crippen LogP contribution in [-0.4, -0.2) is 15.0 Å². The number of halogens is 1. The summed E-state index contributed by atoms with van der Waals surface area (Å²) in [6.07, 6.45) is 3.48. The highest BCUT2D eigenvalue weighted by Crippen LogP contribution is 2.27. The quantitative estimate of drug-likeness (QED) is 0.567. The van der Waals surface area contributed by atoms with Crippen LogP contribution in [-0.2, 0) is 0 Å². The van der Waals surface area contributed by atoms with Gasteiger partial charge < -0.3 is 5.32 Å². The van der Waals surface area contributed by atoms with Gasteiger partial charge in [-0.3, -0.25) is 4.98 Å². The van der Waals surface area contributed by atoms with Gasteiger partial charge in [-0.15, -0.1) is 0 Å². The zero-order valence-electron chi connectivity index (χ0n) is 12.6. The largest absolute Gasteiger partial charge is 0.340 e. The van der Waals surface area contributed by atoms with E-state index < -0.39 is 0 Å². The Bertz CT molecular complexity index is 985. The van der Waals surface area contributed by atoms with Gasteiger partial charge in [-0.2, -0.15) is 0 Å². The molecule has 2 aromatic heterocycles. The van der Waals surface area contributed by atoms with Crippen molar-refractivity contribution in [2.24, 2.45) is 0 Å². The van der Waals surface area contributed by atoms with Crippen LogP contribution in [0.4, 0.5) is 11.5 Å². The Labute approximate surface area is 144 Å². The summed E-state index contributed by atoms with van der Waals surface area (Å²) in [7, 11) is 0. The van der Waals surface area contributed by atoms with Crippen LogP contribution in [0.5, 0.6) is 0 Å². The van der Waals surface area contributed by atoms with Gasteiger partial charge in [0.25, 0.3) is 0 Å². The number of hydrogen-bond acceptors (Lipinski definition) is 4. The number of aromatic nitrogens is 3. The number of anilines is 2. The average molecular weight is 333 g/mol. The van der Waals surface area contributed by atoms with Crippen LogP contribution in [0, 0.1) is 0 Å². The molecule has 0 aliphatic carbocycles. The van der Waals surface area contributed by atoms with Gasteiger partial charge in [0.05, 0.1) is 5.52 Å². The molecular weight excluding hydrogens is 320 g/mol. The summed E-state index contributed by atoms with van der Waals surface area (Å²) < 4.78 is 0. The van der Waals surface area contributed by atoms with E-state index in [1.807, 2.05) is 60.7 Å². The Morgan fingerprint density at radius 1 is 0.792 bits per heavy atom. The Hall–Kier alpha value is -2.98. The number of fused-ring (bicyclic) bond motifs is 1. The standard InChI is InChI=1S/C19H13ClN4/c20-14-7-5-13(6-8-14)18-23-17-4-2-1-3-16(17)19(24-18)22-15-9-11-21-12-10-15/h1-12H,(H,21,22,23,24). The van der Waals surface area contributed by atoms with E-state index in [2.05, 4.69) is 15.3 Å². The van der Waals surface area contributed by atoms with Crippen LogP contribution in [0.15, 0.2) is 73.1 Å². The summed E-state index contributed by atoms with van der Waals surface area (Å²) >= 11 is 5.97. The Balaban J connectivity index is 1.86. The molecule has 0 aliphatic rings. The van der Waals surface area contributed by atoms with Crippen LogP contribution in [0.3, 0.4) is 0 Å². The van der Waals surface area contributed by atoms with E-state index in [0.29, 0.717) is 10.8 Å². The summed E-state index contributed by atoms with van der Waals surface area (Å²) in [5.74, 6) is 1.42. The lowest BCUT2D eigenvalue weighted by molar-refractivity contribution is 1.22. The molecule has 116 valence electrons. The lowest BCUT2D eigenvalue weighted by Gasteiger charge is -2.11. The fourth-order valence-corrected chi connectivity index (χ4v) is 2.60. The van der Waals surface area contributed by atoms with Gasteiger partial charge in [0, 0.05) is 34.1 Å². The third-order valence-electron chi connectivity index (χ3n) is 3.65. The van der Waals surface area contributed by atoms with E-state index in [-0.39, 0.29) is 0 Å². The molecule has 24 heavy (non-hydrogen) atoms. The molecule has 5 heteroatoms. The monoisotopic (exact) mass is 332 g/mol. The van der Waals surface area contributed by atoms with E-state index >= 15 is 0 Å². The van der Waals surface area contributed by atoms with Crippen LogP contribution in [0.1, 0.15) is 0 Å². The summed E-state index contributed by atoms with van der Waals surface area (Å²) in [6.45, 7) is 0. The molecule has 4 nitrogen and oxygen atoms in total. The zero-order chi connectivity index (χ0) is 16.4. The second kappa shape index (κ2) is 6.26. The maximum absolute atomic E-state index is 5.97. The number of para-hydroxylation sites is 1. The molecule has 0 amide bonds. The summed E-state index contributed by atoms with van der Waals surface area (Å²) in [6, 6.07) is 19.3. The SMILES string of the molecule is Clc1ccc(-c2nc(Nc3ccncc3)c3ccccc3n2)cc1. The molecule has 4 aromatic rings. The molecule has 0 bridgehead atoms. The Kier molecular flexibility index (Phi) is 3.81. The van der Waals surface area contributed by atoms with Crippen molar-refractivity contribution >= 4 is 34.0 Å². The maximum Gasteiger partial charge on any atom is 0.162 e. The first kappa shape index (κ1) is 14.6. The molecule has 0 saturated heterocycles. The molecule has 0 unspecified atom stereocenters. The van der Waals surface area contributed by atoms with Crippen LogP contribution in [0.2, 0.25) is 5.02 Å². The smallest absolute Gasteiger partial charge is 0.162 e. The molecule has 0 fully saturated rings. The molecule has 1 N–H and O–H groups in total. The number of benzene rings is 2. The van der Waals surface area contributed by atoms with E-state index in [9.17, 15) is 0 Å². The molecule has 0 aliphatic heterocycles. The first-order valence-electron chi connectivity index (χ1n) is 7.49. The van der Waals surface area contributed by atoms with Gasteiger partial charge >= 0.3 is 0 Å². The van der Waals surface area contributed by atoms with E-state index in [1.165, 1.54) is 0 Å². The van der Waals surface area contributed by atoms with Gasteiger partial charge in [-0.25, -0.2) is 9.97 Å². The molecule has 4 rings (SSSR count). The molecule has 0 radical (unpaired) electrons. The van der Waals surface area contributed by atoms with Crippen molar-refractivity contribution in [2.75, 3.05) is 5.32 Å². The van der Waals surface area contributed by atoms with Crippen LogP contribution >= 0.6 is 11.6 Å². The molecule has 2 aromatic carbocycles. The Morgan fingerprint density at radius 2 is 1.54 bits per heavy atom. The van der Waals surface area contributed by atoms with E-state index in [4.69, 9.17) is 16.6 Å². The number of hydrogen-bond donors (Lipinski definition) is 1. The third-order valence-corrected chi connectivity index (χ3v) is 3.90. The molecular formula is C19H13ClN4. The normalized spacial score (nSPS) is 10.7. The minimum absolute atomic E-state index is 0.655. The Morgan fingerprint density at radius 3 is 2.33 bits per heavy atom. The number of nitrogens with zero attached hydrogens (tertiary/aromatic N) is 3. The van der Waals surface area contributed by atoms with Gasteiger partial charge in [0.15, 0.2) is 5.82 Å². The summed E-state index contributed by atoms with van der Waals surface area (Å²) in [5, 5.41) is 5.01. The van der Waals surface area contributed by atoms with Crippen molar-refractivity contribution in [1.82, 2.24) is 15.0 Å². The van der Waals surface area contributed by atoms with Gasteiger partial charge in [-0.1, -0.05) is 23.7 Å².